The normalized spacial score (nSPS) is 11.7. The lowest BCUT2D eigenvalue weighted by molar-refractivity contribution is -0.0487. The molecule has 0 amide bonds. The van der Waals surface area contributed by atoms with E-state index in [1.807, 2.05) is 39.8 Å². The first-order chi connectivity index (χ1) is 9.79. The number of benzene rings is 1. The van der Waals surface area contributed by atoms with Gasteiger partial charge in [-0.05, 0) is 45.9 Å². The molecule has 1 heterocycles. The second-order valence-electron chi connectivity index (χ2n) is 5.65. The number of nitrogen functional groups attached to an aromatic ring is 2. The van der Waals surface area contributed by atoms with E-state index in [1.54, 1.807) is 18.3 Å². The average molecular weight is 290 g/mol. The molecule has 2 rings (SSSR count). The summed E-state index contributed by atoms with van der Waals surface area (Å²) in [6.07, 6.45) is 1.63. The molecule has 114 valence electrons. The molecule has 0 spiro atoms. The van der Waals surface area contributed by atoms with E-state index in [0.717, 1.165) is 11.3 Å². The third-order valence-electron chi connectivity index (χ3n) is 2.97. The molecule has 6 nitrogen and oxygen atoms in total. The van der Waals surface area contributed by atoms with Gasteiger partial charge >= 0.3 is 0 Å². The first kappa shape index (κ1) is 15.0. The fourth-order valence-corrected chi connectivity index (χ4v) is 2.02. The molecule has 0 fully saturated rings. The van der Waals surface area contributed by atoms with Crippen molar-refractivity contribution in [3.63, 3.8) is 0 Å². The fourth-order valence-electron chi connectivity index (χ4n) is 2.02. The van der Waals surface area contributed by atoms with E-state index in [0.29, 0.717) is 11.5 Å². The molecule has 0 aliphatic heterocycles. The van der Waals surface area contributed by atoms with Crippen LogP contribution in [0.3, 0.4) is 0 Å². The first-order valence-electron chi connectivity index (χ1n) is 6.85. The molecule has 0 unspecified atom stereocenters. The number of hydrogen-bond acceptors (Lipinski definition) is 5. The Hall–Kier alpha value is -2.37. The number of rotatable bonds is 5. The summed E-state index contributed by atoms with van der Waals surface area (Å²) in [5.41, 5.74) is 12.5. The van der Waals surface area contributed by atoms with Crippen LogP contribution < -0.4 is 21.0 Å². The van der Waals surface area contributed by atoms with Gasteiger partial charge in [0.15, 0.2) is 11.4 Å². The Labute approximate surface area is 124 Å². The Balaban J connectivity index is 2.38. The molecule has 6 heteroatoms. The summed E-state index contributed by atoms with van der Waals surface area (Å²) in [5.74, 6) is 1.16. The van der Waals surface area contributed by atoms with Gasteiger partial charge in [-0.15, -0.1) is 5.10 Å². The van der Waals surface area contributed by atoms with Crippen molar-refractivity contribution in [2.24, 2.45) is 0 Å². The van der Waals surface area contributed by atoms with Crippen molar-refractivity contribution in [3.05, 3.63) is 36.0 Å². The zero-order valence-electron chi connectivity index (χ0n) is 12.8. The van der Waals surface area contributed by atoms with Crippen molar-refractivity contribution in [3.8, 4) is 5.75 Å². The lowest BCUT2D eigenvalue weighted by Gasteiger charge is -2.28. The van der Waals surface area contributed by atoms with E-state index in [9.17, 15) is 0 Å². The van der Waals surface area contributed by atoms with Gasteiger partial charge in [0, 0.05) is 17.3 Å². The highest BCUT2D eigenvalue weighted by Crippen LogP contribution is 2.33. The summed E-state index contributed by atoms with van der Waals surface area (Å²) in [7, 11) is 0. The molecular formula is C15H22N4O2. The zero-order chi connectivity index (χ0) is 15.6. The van der Waals surface area contributed by atoms with Gasteiger partial charge in [-0.2, -0.15) is 0 Å². The average Bonchev–Trinajstić information content (AvgIpc) is 2.76. The van der Waals surface area contributed by atoms with Gasteiger partial charge in [0.2, 0.25) is 0 Å². The van der Waals surface area contributed by atoms with Crippen LogP contribution in [0.4, 0.5) is 11.5 Å². The Morgan fingerprint density at radius 2 is 1.90 bits per heavy atom. The number of nitrogens with two attached hydrogens (primary N) is 2. The first-order valence-corrected chi connectivity index (χ1v) is 6.85. The standard InChI is InChI=1S/C15H22N4O2/c1-10(2)20-13-6-5-11(16)9-12(13)15(3,4)21-19-14(17)7-8-18-19/h5-10H,16-17H2,1-4H3. The maximum atomic E-state index is 5.90. The molecule has 0 bridgehead atoms. The molecule has 0 radical (unpaired) electrons. The molecule has 0 saturated carbocycles. The van der Waals surface area contributed by atoms with Gasteiger partial charge in [0.25, 0.3) is 0 Å². The quantitative estimate of drug-likeness (QED) is 0.824. The van der Waals surface area contributed by atoms with Crippen LogP contribution in [0.5, 0.6) is 5.75 Å². The highest BCUT2D eigenvalue weighted by atomic mass is 16.7. The third-order valence-corrected chi connectivity index (χ3v) is 2.97. The minimum atomic E-state index is -0.709. The number of ether oxygens (including phenoxy) is 1. The summed E-state index contributed by atoms with van der Waals surface area (Å²) >= 11 is 0. The van der Waals surface area contributed by atoms with E-state index in [2.05, 4.69) is 5.10 Å². The predicted octanol–water partition coefficient (Wildman–Crippen LogP) is 2.20. The van der Waals surface area contributed by atoms with Gasteiger partial charge in [-0.1, -0.05) is 4.85 Å². The highest BCUT2D eigenvalue weighted by Gasteiger charge is 2.29. The fraction of sp³-hybridized carbons (Fsp3) is 0.400. The molecule has 2 aromatic rings. The van der Waals surface area contributed by atoms with Crippen molar-refractivity contribution in [1.29, 1.82) is 0 Å². The highest BCUT2D eigenvalue weighted by molar-refractivity contribution is 5.50. The second-order valence-corrected chi connectivity index (χ2v) is 5.65. The summed E-state index contributed by atoms with van der Waals surface area (Å²) < 4.78 is 5.84. The summed E-state index contributed by atoms with van der Waals surface area (Å²) in [5, 5.41) is 4.04. The van der Waals surface area contributed by atoms with Crippen LogP contribution in [0.25, 0.3) is 0 Å². The molecule has 0 atom stereocenters. The SMILES string of the molecule is CC(C)Oc1ccc(N)cc1C(C)(C)On1nccc1N. The molecule has 1 aromatic carbocycles. The van der Waals surface area contributed by atoms with E-state index >= 15 is 0 Å². The Morgan fingerprint density at radius 1 is 1.19 bits per heavy atom. The van der Waals surface area contributed by atoms with Crippen LogP contribution in [0, 0.1) is 0 Å². The molecule has 0 aliphatic rings. The Kier molecular flexibility index (Phi) is 3.97. The van der Waals surface area contributed by atoms with Crippen LogP contribution in [-0.2, 0) is 5.60 Å². The summed E-state index contributed by atoms with van der Waals surface area (Å²) in [4.78, 5) is 7.17. The topological polar surface area (TPSA) is 88.3 Å². The Bertz CT molecular complexity index is 620. The van der Waals surface area contributed by atoms with Gasteiger partial charge < -0.3 is 21.0 Å². The minimum Gasteiger partial charge on any atom is -0.491 e. The zero-order valence-corrected chi connectivity index (χ0v) is 12.8. The summed E-state index contributed by atoms with van der Waals surface area (Å²) in [6, 6.07) is 7.17. The third kappa shape index (κ3) is 3.39. The minimum absolute atomic E-state index is 0.0537. The monoisotopic (exact) mass is 290 g/mol. The van der Waals surface area contributed by atoms with Crippen molar-refractivity contribution < 1.29 is 9.57 Å². The van der Waals surface area contributed by atoms with Crippen molar-refractivity contribution in [2.45, 2.75) is 39.4 Å². The predicted molar refractivity (Wildman–Crippen MR) is 82.9 cm³/mol. The lowest BCUT2D eigenvalue weighted by Crippen LogP contribution is -2.34. The molecule has 21 heavy (non-hydrogen) atoms. The number of anilines is 2. The Morgan fingerprint density at radius 3 is 2.48 bits per heavy atom. The maximum Gasteiger partial charge on any atom is 0.163 e. The smallest absolute Gasteiger partial charge is 0.163 e. The lowest BCUT2D eigenvalue weighted by atomic mass is 9.96. The number of aromatic nitrogens is 2. The van der Waals surface area contributed by atoms with Gasteiger partial charge in [-0.25, -0.2) is 0 Å². The van der Waals surface area contributed by atoms with Crippen LogP contribution in [0.1, 0.15) is 33.3 Å². The van der Waals surface area contributed by atoms with E-state index in [-0.39, 0.29) is 6.10 Å². The molecule has 1 aromatic heterocycles. The summed E-state index contributed by atoms with van der Waals surface area (Å²) in [6.45, 7) is 7.77. The van der Waals surface area contributed by atoms with E-state index < -0.39 is 5.60 Å². The second kappa shape index (κ2) is 5.55. The van der Waals surface area contributed by atoms with Crippen LogP contribution >= 0.6 is 0 Å². The molecule has 0 aliphatic carbocycles. The van der Waals surface area contributed by atoms with Crippen LogP contribution in [-0.4, -0.2) is 16.0 Å². The van der Waals surface area contributed by atoms with Crippen molar-refractivity contribution in [2.75, 3.05) is 11.5 Å². The van der Waals surface area contributed by atoms with Gasteiger partial charge in [-0.3, -0.25) is 0 Å². The van der Waals surface area contributed by atoms with Crippen molar-refractivity contribution >= 4 is 11.5 Å². The maximum absolute atomic E-state index is 5.90. The molecule has 4 N–H and O–H groups in total. The number of hydrogen-bond donors (Lipinski definition) is 2. The van der Waals surface area contributed by atoms with Crippen LogP contribution in [0.15, 0.2) is 30.5 Å². The van der Waals surface area contributed by atoms with E-state index in [1.165, 1.54) is 4.85 Å². The molecular weight excluding hydrogens is 268 g/mol. The largest absolute Gasteiger partial charge is 0.491 e. The number of nitrogens with zero attached hydrogens (tertiary/aromatic N) is 2. The van der Waals surface area contributed by atoms with E-state index in [4.69, 9.17) is 21.0 Å². The molecule has 0 saturated heterocycles. The van der Waals surface area contributed by atoms with Crippen LogP contribution in [0.2, 0.25) is 0 Å². The van der Waals surface area contributed by atoms with Crippen molar-refractivity contribution in [1.82, 2.24) is 9.94 Å². The van der Waals surface area contributed by atoms with Gasteiger partial charge in [0.05, 0.1) is 12.3 Å². The van der Waals surface area contributed by atoms with Gasteiger partial charge in [0.1, 0.15) is 5.75 Å².